The number of hydrazone groups is 1. The molecule has 0 spiro atoms. The van der Waals surface area contributed by atoms with E-state index >= 15 is 0 Å². The van der Waals surface area contributed by atoms with Crippen LogP contribution in [0.15, 0.2) is 53.9 Å². The maximum atomic E-state index is 11.6. The topological polar surface area (TPSA) is 83.5 Å². The van der Waals surface area contributed by atoms with E-state index in [2.05, 4.69) is 20.8 Å². The SMILES string of the molecule is O=C(CC(=O)N/N=C/c1ccccc1Cl)NCc1cccnc1. The summed E-state index contributed by atoms with van der Waals surface area (Å²) in [7, 11) is 0. The first-order valence-corrected chi connectivity index (χ1v) is 7.25. The molecule has 2 amide bonds. The average Bonchev–Trinajstić information content (AvgIpc) is 2.56. The van der Waals surface area contributed by atoms with E-state index in [1.807, 2.05) is 6.07 Å². The smallest absolute Gasteiger partial charge is 0.249 e. The van der Waals surface area contributed by atoms with Crippen LogP contribution in [0, 0.1) is 0 Å². The second kappa shape index (κ2) is 8.65. The van der Waals surface area contributed by atoms with Crippen LogP contribution in [-0.2, 0) is 16.1 Å². The zero-order chi connectivity index (χ0) is 16.5. The van der Waals surface area contributed by atoms with Gasteiger partial charge in [0.15, 0.2) is 0 Å². The molecular weight excluding hydrogens is 316 g/mol. The summed E-state index contributed by atoms with van der Waals surface area (Å²) in [4.78, 5) is 27.2. The molecule has 1 aromatic carbocycles. The van der Waals surface area contributed by atoms with Crippen LogP contribution in [0.4, 0.5) is 0 Å². The van der Waals surface area contributed by atoms with Crippen LogP contribution in [0.2, 0.25) is 5.02 Å². The Morgan fingerprint density at radius 1 is 1.17 bits per heavy atom. The Labute approximate surface area is 138 Å². The van der Waals surface area contributed by atoms with Gasteiger partial charge in [0.05, 0.1) is 6.21 Å². The van der Waals surface area contributed by atoms with Crippen molar-refractivity contribution in [3.8, 4) is 0 Å². The van der Waals surface area contributed by atoms with Crippen molar-refractivity contribution in [2.45, 2.75) is 13.0 Å². The maximum Gasteiger partial charge on any atom is 0.249 e. The van der Waals surface area contributed by atoms with Gasteiger partial charge in [0.1, 0.15) is 6.42 Å². The number of nitrogens with one attached hydrogen (secondary N) is 2. The second-order valence-electron chi connectivity index (χ2n) is 4.63. The highest BCUT2D eigenvalue weighted by atomic mass is 35.5. The number of hydrogen-bond acceptors (Lipinski definition) is 4. The van der Waals surface area contributed by atoms with E-state index in [9.17, 15) is 9.59 Å². The minimum Gasteiger partial charge on any atom is -0.352 e. The van der Waals surface area contributed by atoms with E-state index in [1.54, 1.807) is 42.7 Å². The number of rotatable bonds is 6. The summed E-state index contributed by atoms with van der Waals surface area (Å²) in [5.41, 5.74) is 3.82. The molecule has 2 aromatic rings. The fraction of sp³-hybridized carbons (Fsp3) is 0.125. The molecule has 2 rings (SSSR count). The van der Waals surface area contributed by atoms with Gasteiger partial charge in [-0.05, 0) is 17.7 Å². The van der Waals surface area contributed by atoms with E-state index < -0.39 is 5.91 Å². The number of carbonyl (C=O) groups is 2. The van der Waals surface area contributed by atoms with Gasteiger partial charge in [0.25, 0.3) is 0 Å². The number of halogens is 1. The lowest BCUT2D eigenvalue weighted by molar-refractivity contribution is -0.129. The lowest BCUT2D eigenvalue weighted by atomic mass is 10.2. The summed E-state index contributed by atoms with van der Waals surface area (Å²) in [5.74, 6) is -0.892. The first kappa shape index (κ1) is 16.6. The van der Waals surface area contributed by atoms with Crippen molar-refractivity contribution < 1.29 is 9.59 Å². The van der Waals surface area contributed by atoms with Crippen molar-refractivity contribution in [3.05, 3.63) is 64.9 Å². The lowest BCUT2D eigenvalue weighted by Crippen LogP contribution is -2.29. The zero-order valence-electron chi connectivity index (χ0n) is 12.2. The van der Waals surface area contributed by atoms with Gasteiger partial charge in [0.2, 0.25) is 11.8 Å². The fourth-order valence-electron chi connectivity index (χ4n) is 1.70. The number of aromatic nitrogens is 1. The predicted molar refractivity (Wildman–Crippen MR) is 87.9 cm³/mol. The Balaban J connectivity index is 1.74. The predicted octanol–water partition coefficient (Wildman–Crippen LogP) is 1.89. The van der Waals surface area contributed by atoms with Gasteiger partial charge in [-0.15, -0.1) is 0 Å². The normalized spacial score (nSPS) is 10.5. The van der Waals surface area contributed by atoms with Gasteiger partial charge >= 0.3 is 0 Å². The Hall–Kier alpha value is -2.73. The highest BCUT2D eigenvalue weighted by Gasteiger charge is 2.08. The van der Waals surface area contributed by atoms with E-state index in [-0.39, 0.29) is 12.3 Å². The number of pyridine rings is 1. The third-order valence-electron chi connectivity index (χ3n) is 2.83. The van der Waals surface area contributed by atoms with E-state index in [0.717, 1.165) is 5.56 Å². The third-order valence-corrected chi connectivity index (χ3v) is 3.18. The molecule has 7 heteroatoms. The Kier molecular flexibility index (Phi) is 6.26. The highest BCUT2D eigenvalue weighted by Crippen LogP contribution is 2.11. The summed E-state index contributed by atoms with van der Waals surface area (Å²) >= 11 is 5.95. The van der Waals surface area contributed by atoms with Gasteiger partial charge in [0, 0.05) is 29.5 Å². The molecule has 0 radical (unpaired) electrons. The summed E-state index contributed by atoms with van der Waals surface area (Å²) in [5, 5.41) is 6.94. The monoisotopic (exact) mass is 330 g/mol. The van der Waals surface area contributed by atoms with Crippen LogP contribution >= 0.6 is 11.6 Å². The van der Waals surface area contributed by atoms with Crippen LogP contribution in [0.25, 0.3) is 0 Å². The largest absolute Gasteiger partial charge is 0.352 e. The minimum atomic E-state index is -0.503. The van der Waals surface area contributed by atoms with E-state index in [4.69, 9.17) is 11.6 Å². The molecule has 6 nitrogen and oxygen atoms in total. The molecular formula is C16H15ClN4O2. The molecule has 0 unspecified atom stereocenters. The van der Waals surface area contributed by atoms with Crippen molar-refractivity contribution in [2.24, 2.45) is 5.10 Å². The van der Waals surface area contributed by atoms with Crippen LogP contribution in [-0.4, -0.2) is 23.0 Å². The Bertz CT molecular complexity index is 704. The molecule has 0 fully saturated rings. The summed E-state index contributed by atoms with van der Waals surface area (Å²) in [6.45, 7) is 0.322. The van der Waals surface area contributed by atoms with E-state index in [1.165, 1.54) is 6.21 Å². The number of benzene rings is 1. The number of nitrogens with zero attached hydrogens (tertiary/aromatic N) is 2. The van der Waals surface area contributed by atoms with Crippen molar-refractivity contribution in [3.63, 3.8) is 0 Å². The molecule has 0 atom stereocenters. The maximum absolute atomic E-state index is 11.6. The summed E-state index contributed by atoms with van der Waals surface area (Å²) in [6.07, 6.45) is 4.41. The number of amides is 2. The van der Waals surface area contributed by atoms with Gasteiger partial charge in [-0.1, -0.05) is 35.9 Å². The molecule has 2 N–H and O–H groups in total. The second-order valence-corrected chi connectivity index (χ2v) is 5.04. The summed E-state index contributed by atoms with van der Waals surface area (Å²) < 4.78 is 0. The molecule has 0 aliphatic heterocycles. The number of hydrogen-bond donors (Lipinski definition) is 2. The molecule has 0 aliphatic rings. The minimum absolute atomic E-state index is 0.305. The first-order valence-electron chi connectivity index (χ1n) is 6.87. The molecule has 1 aromatic heterocycles. The third kappa shape index (κ3) is 5.88. The number of carbonyl (C=O) groups excluding carboxylic acids is 2. The van der Waals surface area contributed by atoms with Gasteiger partial charge in [-0.25, -0.2) is 5.43 Å². The van der Waals surface area contributed by atoms with Gasteiger partial charge < -0.3 is 5.32 Å². The van der Waals surface area contributed by atoms with Gasteiger partial charge in [-0.3, -0.25) is 14.6 Å². The Morgan fingerprint density at radius 3 is 2.74 bits per heavy atom. The molecule has 118 valence electrons. The molecule has 23 heavy (non-hydrogen) atoms. The quantitative estimate of drug-likeness (QED) is 0.482. The molecule has 0 bridgehead atoms. The highest BCUT2D eigenvalue weighted by molar-refractivity contribution is 6.33. The van der Waals surface area contributed by atoms with Crippen LogP contribution in [0.5, 0.6) is 0 Å². The first-order chi connectivity index (χ1) is 11.1. The van der Waals surface area contributed by atoms with Crippen molar-refractivity contribution in [1.29, 1.82) is 0 Å². The van der Waals surface area contributed by atoms with Gasteiger partial charge in [-0.2, -0.15) is 5.10 Å². The van der Waals surface area contributed by atoms with E-state index in [0.29, 0.717) is 17.1 Å². The molecule has 1 heterocycles. The standard InChI is InChI=1S/C16H15ClN4O2/c17-14-6-2-1-5-13(14)11-20-21-16(23)8-15(22)19-10-12-4-3-7-18-9-12/h1-7,9,11H,8,10H2,(H,19,22)(H,21,23)/b20-11+. The summed E-state index contributed by atoms with van der Waals surface area (Å²) in [6, 6.07) is 10.7. The molecule has 0 saturated heterocycles. The van der Waals surface area contributed by atoms with Crippen LogP contribution in [0.3, 0.4) is 0 Å². The van der Waals surface area contributed by atoms with Crippen molar-refractivity contribution in [1.82, 2.24) is 15.7 Å². The molecule has 0 saturated carbocycles. The van der Waals surface area contributed by atoms with Crippen molar-refractivity contribution in [2.75, 3.05) is 0 Å². The van der Waals surface area contributed by atoms with Crippen molar-refractivity contribution >= 4 is 29.6 Å². The van der Waals surface area contributed by atoms with Crippen LogP contribution < -0.4 is 10.7 Å². The van der Waals surface area contributed by atoms with Crippen LogP contribution in [0.1, 0.15) is 17.5 Å². The average molecular weight is 331 g/mol. The Morgan fingerprint density at radius 2 is 2.00 bits per heavy atom. The zero-order valence-corrected chi connectivity index (χ0v) is 13.0. The fourth-order valence-corrected chi connectivity index (χ4v) is 1.89. The molecule has 0 aliphatic carbocycles. The lowest BCUT2D eigenvalue weighted by Gasteiger charge is -2.04.